The molecule has 72 valence electrons. The fraction of sp³-hybridized carbons (Fsp3) is 0.250. The van der Waals surface area contributed by atoms with Crippen LogP contribution in [0.25, 0.3) is 10.9 Å². The van der Waals surface area contributed by atoms with Crippen molar-refractivity contribution >= 4 is 22.5 Å². The van der Waals surface area contributed by atoms with Crippen LogP contribution in [-0.4, -0.2) is 4.98 Å². The first-order valence-corrected chi connectivity index (χ1v) is 5.14. The summed E-state index contributed by atoms with van der Waals surface area (Å²) in [5, 5.41) is 1.89. The molecule has 2 aromatic rings. The van der Waals surface area contributed by atoms with Gasteiger partial charge in [-0.2, -0.15) is 0 Å². The van der Waals surface area contributed by atoms with Crippen LogP contribution >= 0.6 is 11.6 Å². The molecule has 0 aliphatic rings. The number of fused-ring (bicyclic) bond motifs is 1. The summed E-state index contributed by atoms with van der Waals surface area (Å²) in [6.07, 6.45) is 2.83. The van der Waals surface area contributed by atoms with E-state index in [1.807, 2.05) is 25.3 Å². The molecule has 1 nitrogen and oxygen atoms in total. The van der Waals surface area contributed by atoms with Gasteiger partial charge in [0.25, 0.3) is 0 Å². The van der Waals surface area contributed by atoms with Crippen molar-refractivity contribution in [3.63, 3.8) is 0 Å². The van der Waals surface area contributed by atoms with Crippen LogP contribution in [0.3, 0.4) is 0 Å². The van der Waals surface area contributed by atoms with Gasteiger partial charge in [-0.15, -0.1) is 0 Å². The molecule has 0 saturated heterocycles. The Labute approximate surface area is 88.7 Å². The zero-order chi connectivity index (χ0) is 10.1. The Morgan fingerprint density at radius 1 is 1.36 bits per heavy atom. The van der Waals surface area contributed by atoms with Gasteiger partial charge in [0, 0.05) is 11.6 Å². The number of hydrogen-bond donors (Lipinski definition) is 0. The van der Waals surface area contributed by atoms with E-state index in [4.69, 9.17) is 11.6 Å². The van der Waals surface area contributed by atoms with Crippen LogP contribution in [-0.2, 0) is 6.42 Å². The maximum atomic E-state index is 6.21. The minimum atomic E-state index is 0.824. The summed E-state index contributed by atoms with van der Waals surface area (Å²) < 4.78 is 0. The second kappa shape index (κ2) is 3.58. The topological polar surface area (TPSA) is 12.9 Å². The molecule has 0 unspecified atom stereocenters. The third kappa shape index (κ3) is 1.38. The maximum absolute atomic E-state index is 6.21. The quantitative estimate of drug-likeness (QED) is 0.691. The van der Waals surface area contributed by atoms with E-state index in [0.29, 0.717) is 0 Å². The van der Waals surface area contributed by atoms with Crippen molar-refractivity contribution < 1.29 is 0 Å². The Bertz CT molecular complexity index is 477. The van der Waals surface area contributed by atoms with E-state index in [1.54, 1.807) is 0 Å². The van der Waals surface area contributed by atoms with Gasteiger partial charge in [0.2, 0.25) is 0 Å². The van der Waals surface area contributed by atoms with E-state index in [1.165, 1.54) is 5.56 Å². The van der Waals surface area contributed by atoms with Crippen molar-refractivity contribution in [1.29, 1.82) is 0 Å². The van der Waals surface area contributed by atoms with Gasteiger partial charge in [-0.05, 0) is 24.5 Å². The van der Waals surface area contributed by atoms with E-state index in [-0.39, 0.29) is 0 Å². The summed E-state index contributed by atoms with van der Waals surface area (Å²) in [5.41, 5.74) is 3.32. The number of nitrogens with zero attached hydrogens (tertiary/aromatic N) is 1. The summed E-state index contributed by atoms with van der Waals surface area (Å²) in [6.45, 7) is 4.11. The average Bonchev–Trinajstić information content (AvgIpc) is 2.23. The highest BCUT2D eigenvalue weighted by molar-refractivity contribution is 6.36. The van der Waals surface area contributed by atoms with Crippen LogP contribution in [0.4, 0.5) is 0 Å². The second-order valence-corrected chi connectivity index (χ2v) is 3.80. The molecule has 0 radical (unpaired) electrons. The first-order chi connectivity index (χ1) is 6.74. The van der Waals surface area contributed by atoms with Crippen molar-refractivity contribution in [1.82, 2.24) is 4.98 Å². The van der Waals surface area contributed by atoms with Crippen molar-refractivity contribution in [2.45, 2.75) is 20.3 Å². The fourth-order valence-electron chi connectivity index (χ4n) is 1.64. The fourth-order valence-corrected chi connectivity index (χ4v) is 1.84. The molecule has 0 N–H and O–H groups in total. The smallest absolute Gasteiger partial charge is 0.0748 e. The second-order valence-electron chi connectivity index (χ2n) is 3.42. The Morgan fingerprint density at radius 2 is 2.14 bits per heavy atom. The van der Waals surface area contributed by atoms with E-state index >= 15 is 0 Å². The highest BCUT2D eigenvalue weighted by Crippen LogP contribution is 2.27. The zero-order valence-electron chi connectivity index (χ0n) is 8.34. The predicted molar refractivity (Wildman–Crippen MR) is 60.9 cm³/mol. The SMILES string of the molecule is CCc1cccc2c(Cl)c(C)cnc12. The number of hydrogen-bond acceptors (Lipinski definition) is 1. The van der Waals surface area contributed by atoms with Crippen molar-refractivity contribution in [2.24, 2.45) is 0 Å². The maximum Gasteiger partial charge on any atom is 0.0748 e. The van der Waals surface area contributed by atoms with Crippen LogP contribution in [0.2, 0.25) is 5.02 Å². The first-order valence-electron chi connectivity index (χ1n) is 4.76. The van der Waals surface area contributed by atoms with E-state index in [0.717, 1.165) is 27.9 Å². The molecule has 2 heteroatoms. The lowest BCUT2D eigenvalue weighted by Gasteiger charge is -2.06. The van der Waals surface area contributed by atoms with Crippen molar-refractivity contribution in [3.8, 4) is 0 Å². The third-order valence-electron chi connectivity index (χ3n) is 2.47. The summed E-state index contributed by atoms with van der Waals surface area (Å²) in [4.78, 5) is 4.43. The van der Waals surface area contributed by atoms with Gasteiger partial charge >= 0.3 is 0 Å². The van der Waals surface area contributed by atoms with Crippen LogP contribution in [0.15, 0.2) is 24.4 Å². The normalized spacial score (nSPS) is 10.8. The molecule has 1 aromatic heterocycles. The standard InChI is InChI=1S/C12H12ClN/c1-3-9-5-4-6-10-11(13)8(2)7-14-12(9)10/h4-7H,3H2,1-2H3. The molecule has 0 fully saturated rings. The number of aromatic nitrogens is 1. The largest absolute Gasteiger partial charge is 0.256 e. The van der Waals surface area contributed by atoms with Gasteiger partial charge in [-0.1, -0.05) is 36.7 Å². The Hall–Kier alpha value is -1.08. The zero-order valence-corrected chi connectivity index (χ0v) is 9.10. The lowest BCUT2D eigenvalue weighted by atomic mass is 10.1. The van der Waals surface area contributed by atoms with Crippen LogP contribution < -0.4 is 0 Å². The van der Waals surface area contributed by atoms with Gasteiger partial charge in [0.15, 0.2) is 0 Å². The monoisotopic (exact) mass is 205 g/mol. The molecule has 1 aromatic carbocycles. The molecule has 1 heterocycles. The number of para-hydroxylation sites is 1. The van der Waals surface area contributed by atoms with Gasteiger partial charge in [0.1, 0.15) is 0 Å². The molecule has 0 atom stereocenters. The number of benzene rings is 1. The Balaban J connectivity index is 2.86. The van der Waals surface area contributed by atoms with Crippen molar-refractivity contribution in [2.75, 3.05) is 0 Å². The highest BCUT2D eigenvalue weighted by Gasteiger charge is 2.05. The van der Waals surface area contributed by atoms with Crippen LogP contribution in [0, 0.1) is 6.92 Å². The molecule has 0 aliphatic heterocycles. The van der Waals surface area contributed by atoms with Gasteiger partial charge in [0.05, 0.1) is 10.5 Å². The minimum absolute atomic E-state index is 0.824. The molecule has 0 bridgehead atoms. The van der Waals surface area contributed by atoms with Gasteiger partial charge in [-0.25, -0.2) is 0 Å². The summed E-state index contributed by atoms with van der Waals surface area (Å²) in [5.74, 6) is 0. The van der Waals surface area contributed by atoms with Crippen molar-refractivity contribution in [3.05, 3.63) is 40.5 Å². The number of halogens is 1. The van der Waals surface area contributed by atoms with Gasteiger partial charge < -0.3 is 0 Å². The molecule has 0 amide bonds. The number of aryl methyl sites for hydroxylation is 2. The van der Waals surface area contributed by atoms with Crippen LogP contribution in [0.5, 0.6) is 0 Å². The third-order valence-corrected chi connectivity index (χ3v) is 2.97. The Morgan fingerprint density at radius 3 is 2.86 bits per heavy atom. The van der Waals surface area contributed by atoms with Crippen LogP contribution in [0.1, 0.15) is 18.1 Å². The molecule has 0 aliphatic carbocycles. The number of pyridine rings is 1. The Kier molecular flexibility index (Phi) is 2.42. The number of rotatable bonds is 1. The first kappa shape index (κ1) is 9.47. The van der Waals surface area contributed by atoms with E-state index < -0.39 is 0 Å². The lowest BCUT2D eigenvalue weighted by molar-refractivity contribution is 1.14. The van der Waals surface area contributed by atoms with E-state index in [9.17, 15) is 0 Å². The highest BCUT2D eigenvalue weighted by atomic mass is 35.5. The molecule has 14 heavy (non-hydrogen) atoms. The molecular weight excluding hydrogens is 194 g/mol. The molecular formula is C12H12ClN. The lowest BCUT2D eigenvalue weighted by Crippen LogP contribution is -1.89. The minimum Gasteiger partial charge on any atom is -0.256 e. The predicted octanol–water partition coefficient (Wildman–Crippen LogP) is 3.76. The molecule has 0 saturated carbocycles. The summed E-state index contributed by atoms with van der Waals surface area (Å²) in [6, 6.07) is 6.16. The molecule has 0 spiro atoms. The van der Waals surface area contributed by atoms with E-state index in [2.05, 4.69) is 18.0 Å². The van der Waals surface area contributed by atoms with Gasteiger partial charge in [-0.3, -0.25) is 4.98 Å². The summed E-state index contributed by atoms with van der Waals surface area (Å²) >= 11 is 6.21. The summed E-state index contributed by atoms with van der Waals surface area (Å²) in [7, 11) is 0. The average molecular weight is 206 g/mol. The molecule has 2 rings (SSSR count).